The maximum atomic E-state index is 13.1. The number of nitrogens with one attached hydrogen (secondary N) is 1. The molecule has 2 aromatic carbocycles. The average Bonchev–Trinajstić information content (AvgIpc) is 2.56. The second-order valence-electron chi connectivity index (χ2n) is 5.50. The molecule has 4 nitrogen and oxygen atoms in total. The van der Waals surface area contributed by atoms with E-state index in [2.05, 4.69) is 4.98 Å². The van der Waals surface area contributed by atoms with Crippen LogP contribution in [-0.2, 0) is 6.54 Å². The van der Waals surface area contributed by atoms with Crippen LogP contribution in [0.1, 0.15) is 16.1 Å². The highest BCUT2D eigenvalue weighted by Crippen LogP contribution is 2.19. The maximum Gasteiger partial charge on any atom is 0.270 e. The van der Waals surface area contributed by atoms with Gasteiger partial charge in [-0.3, -0.25) is 9.59 Å². The summed E-state index contributed by atoms with van der Waals surface area (Å²) in [5.41, 5.74) is 0.501. The number of halogens is 2. The van der Waals surface area contributed by atoms with E-state index in [1.165, 1.54) is 23.1 Å². The van der Waals surface area contributed by atoms with Crippen molar-refractivity contribution < 1.29 is 9.18 Å². The summed E-state index contributed by atoms with van der Waals surface area (Å²) in [6.07, 6.45) is 0. The number of H-pyrrole nitrogens is 1. The number of fused-ring (bicyclic) bond motifs is 1. The van der Waals surface area contributed by atoms with Crippen molar-refractivity contribution in [2.75, 3.05) is 7.05 Å². The van der Waals surface area contributed by atoms with Crippen molar-refractivity contribution in [2.45, 2.75) is 6.54 Å². The highest BCUT2D eigenvalue weighted by atomic mass is 35.5. The van der Waals surface area contributed by atoms with Gasteiger partial charge in [0.05, 0.1) is 0 Å². The molecule has 3 rings (SSSR count). The van der Waals surface area contributed by atoms with Gasteiger partial charge >= 0.3 is 0 Å². The first-order valence-electron chi connectivity index (χ1n) is 7.27. The predicted molar refractivity (Wildman–Crippen MR) is 91.8 cm³/mol. The molecule has 0 aliphatic carbocycles. The van der Waals surface area contributed by atoms with Crippen molar-refractivity contribution in [2.24, 2.45) is 0 Å². The molecule has 1 heterocycles. The number of rotatable bonds is 3. The standard InChI is InChI=1S/C18H14ClFN2O2/c1-22(10-12-6-7-13(20)9-15(12)19)18(24)16-8-11-4-2-3-5-14(11)17(23)21-16/h2-9H,10H2,1H3,(H,21,23). The Morgan fingerprint density at radius 1 is 1.21 bits per heavy atom. The number of benzene rings is 2. The SMILES string of the molecule is CN(Cc1ccc(F)cc1Cl)C(=O)c1cc2ccccc2c(=O)[nH]1. The van der Waals surface area contributed by atoms with Crippen LogP contribution >= 0.6 is 11.6 Å². The fourth-order valence-electron chi connectivity index (χ4n) is 2.51. The van der Waals surface area contributed by atoms with E-state index in [0.29, 0.717) is 16.3 Å². The van der Waals surface area contributed by atoms with Gasteiger partial charge in [0.25, 0.3) is 11.5 Å². The Hall–Kier alpha value is -2.66. The molecule has 0 saturated carbocycles. The lowest BCUT2D eigenvalue weighted by molar-refractivity contribution is 0.0779. The number of aromatic amines is 1. The largest absolute Gasteiger partial charge is 0.336 e. The topological polar surface area (TPSA) is 53.2 Å². The Morgan fingerprint density at radius 3 is 2.71 bits per heavy atom. The number of hydrogen-bond donors (Lipinski definition) is 1. The van der Waals surface area contributed by atoms with E-state index in [1.54, 1.807) is 37.4 Å². The maximum absolute atomic E-state index is 13.1. The Morgan fingerprint density at radius 2 is 1.96 bits per heavy atom. The first kappa shape index (κ1) is 16.2. The Kier molecular flexibility index (Phi) is 4.36. The van der Waals surface area contributed by atoms with Gasteiger partial charge in [-0.2, -0.15) is 0 Å². The molecule has 0 atom stereocenters. The van der Waals surface area contributed by atoms with Crippen LogP contribution < -0.4 is 5.56 Å². The highest BCUT2D eigenvalue weighted by Gasteiger charge is 2.16. The van der Waals surface area contributed by atoms with Gasteiger partial charge in [0.15, 0.2) is 0 Å². The fourth-order valence-corrected chi connectivity index (χ4v) is 2.74. The predicted octanol–water partition coefficient (Wildman–Crippen LogP) is 3.59. The van der Waals surface area contributed by atoms with Gasteiger partial charge in [0, 0.05) is 24.0 Å². The minimum Gasteiger partial charge on any atom is -0.336 e. The molecule has 0 aliphatic heterocycles. The highest BCUT2D eigenvalue weighted by molar-refractivity contribution is 6.31. The van der Waals surface area contributed by atoms with Crippen molar-refractivity contribution >= 4 is 28.3 Å². The van der Waals surface area contributed by atoms with Crippen molar-refractivity contribution in [1.29, 1.82) is 0 Å². The van der Waals surface area contributed by atoms with E-state index in [1.807, 2.05) is 0 Å². The van der Waals surface area contributed by atoms with Gasteiger partial charge in [-0.15, -0.1) is 0 Å². The second kappa shape index (κ2) is 6.45. The van der Waals surface area contributed by atoms with Crippen LogP contribution in [0.15, 0.2) is 53.3 Å². The van der Waals surface area contributed by atoms with Crippen LogP contribution in [-0.4, -0.2) is 22.8 Å². The Labute approximate surface area is 142 Å². The van der Waals surface area contributed by atoms with E-state index in [0.717, 1.165) is 0 Å². The molecule has 24 heavy (non-hydrogen) atoms. The number of aromatic nitrogens is 1. The third kappa shape index (κ3) is 3.16. The first-order valence-corrected chi connectivity index (χ1v) is 7.65. The molecule has 0 radical (unpaired) electrons. The molecular weight excluding hydrogens is 331 g/mol. The van der Waals surface area contributed by atoms with Gasteiger partial charge in [0.1, 0.15) is 11.5 Å². The summed E-state index contributed by atoms with van der Waals surface area (Å²) in [5, 5.41) is 1.47. The second-order valence-corrected chi connectivity index (χ2v) is 5.90. The summed E-state index contributed by atoms with van der Waals surface area (Å²) in [6.45, 7) is 0.201. The molecule has 0 saturated heterocycles. The number of amides is 1. The van der Waals surface area contributed by atoms with E-state index in [9.17, 15) is 14.0 Å². The van der Waals surface area contributed by atoms with Crippen LogP contribution in [0, 0.1) is 5.82 Å². The molecular formula is C18H14ClFN2O2. The Bertz CT molecular complexity index is 984. The van der Waals surface area contributed by atoms with Gasteiger partial charge < -0.3 is 9.88 Å². The van der Waals surface area contributed by atoms with E-state index >= 15 is 0 Å². The van der Waals surface area contributed by atoms with Crippen molar-refractivity contribution in [3.8, 4) is 0 Å². The van der Waals surface area contributed by atoms with Crippen molar-refractivity contribution in [1.82, 2.24) is 9.88 Å². The number of carbonyl (C=O) groups is 1. The molecule has 0 fully saturated rings. The molecule has 122 valence electrons. The van der Waals surface area contributed by atoms with Crippen LogP contribution in [0.25, 0.3) is 10.8 Å². The summed E-state index contributed by atoms with van der Waals surface area (Å²) in [6, 6.07) is 12.7. The van der Waals surface area contributed by atoms with Crippen LogP contribution in [0.5, 0.6) is 0 Å². The van der Waals surface area contributed by atoms with Crippen LogP contribution in [0.4, 0.5) is 4.39 Å². The van der Waals surface area contributed by atoms with E-state index in [-0.39, 0.29) is 28.7 Å². The molecule has 0 bridgehead atoms. The van der Waals surface area contributed by atoms with Gasteiger partial charge in [-0.1, -0.05) is 35.9 Å². The molecule has 0 aliphatic rings. The summed E-state index contributed by atoms with van der Waals surface area (Å²) in [4.78, 5) is 28.7. The van der Waals surface area contributed by atoms with Gasteiger partial charge in [-0.25, -0.2) is 4.39 Å². The molecule has 6 heteroatoms. The summed E-state index contributed by atoms with van der Waals surface area (Å²) in [7, 11) is 1.59. The lowest BCUT2D eigenvalue weighted by Crippen LogP contribution is -2.28. The van der Waals surface area contributed by atoms with Crippen LogP contribution in [0.2, 0.25) is 5.02 Å². The summed E-state index contributed by atoms with van der Waals surface area (Å²) < 4.78 is 13.1. The number of carbonyl (C=O) groups excluding carboxylic acids is 1. The summed E-state index contributed by atoms with van der Waals surface area (Å²) in [5.74, 6) is -0.783. The number of nitrogens with zero attached hydrogens (tertiary/aromatic N) is 1. The first-order chi connectivity index (χ1) is 11.5. The zero-order valence-electron chi connectivity index (χ0n) is 12.8. The van der Waals surface area contributed by atoms with Crippen molar-refractivity contribution in [3.05, 3.63) is 81.0 Å². The molecule has 1 N–H and O–H groups in total. The quantitative estimate of drug-likeness (QED) is 0.789. The molecule has 0 spiro atoms. The fraction of sp³-hybridized carbons (Fsp3) is 0.111. The number of pyridine rings is 1. The molecule has 1 aromatic heterocycles. The lowest BCUT2D eigenvalue weighted by Gasteiger charge is -2.18. The molecule has 3 aromatic rings. The van der Waals surface area contributed by atoms with E-state index in [4.69, 9.17) is 11.6 Å². The van der Waals surface area contributed by atoms with Gasteiger partial charge in [-0.05, 0) is 35.2 Å². The zero-order chi connectivity index (χ0) is 17.3. The third-order valence-electron chi connectivity index (χ3n) is 3.75. The summed E-state index contributed by atoms with van der Waals surface area (Å²) >= 11 is 5.99. The Balaban J connectivity index is 1.89. The van der Waals surface area contributed by atoms with Crippen molar-refractivity contribution in [3.63, 3.8) is 0 Å². The zero-order valence-corrected chi connectivity index (χ0v) is 13.6. The van der Waals surface area contributed by atoms with Crippen LogP contribution in [0.3, 0.4) is 0 Å². The van der Waals surface area contributed by atoms with E-state index < -0.39 is 5.82 Å². The van der Waals surface area contributed by atoms with Gasteiger partial charge in [0.2, 0.25) is 0 Å². The smallest absolute Gasteiger partial charge is 0.270 e. The average molecular weight is 345 g/mol. The monoisotopic (exact) mass is 344 g/mol. The molecule has 1 amide bonds. The molecule has 0 unspecified atom stereocenters. The lowest BCUT2D eigenvalue weighted by atomic mass is 10.1. The normalized spacial score (nSPS) is 10.8. The number of hydrogen-bond acceptors (Lipinski definition) is 2. The third-order valence-corrected chi connectivity index (χ3v) is 4.11. The minimum atomic E-state index is -0.434. The minimum absolute atomic E-state index is 0.194.